The van der Waals surface area contributed by atoms with E-state index >= 15 is 0 Å². The minimum Gasteiger partial charge on any atom is -0.383 e. The third kappa shape index (κ3) is 2.88. The first-order valence-electron chi connectivity index (χ1n) is 5.55. The SMILES string of the molecule is COCCN1C(=O)NC(=O)C(=Cc2cccs2)C1=O. The number of thiophene rings is 1. The first-order chi connectivity index (χ1) is 9.13. The van der Waals surface area contributed by atoms with Crippen molar-refractivity contribution in [2.45, 2.75) is 0 Å². The van der Waals surface area contributed by atoms with Crippen molar-refractivity contribution in [3.8, 4) is 0 Å². The molecule has 0 saturated carbocycles. The number of barbiturate groups is 1. The van der Waals surface area contributed by atoms with Gasteiger partial charge < -0.3 is 4.74 Å². The normalized spacial score (nSPS) is 18.1. The number of urea groups is 1. The molecule has 1 saturated heterocycles. The zero-order valence-corrected chi connectivity index (χ0v) is 11.0. The Kier molecular flexibility index (Phi) is 4.08. The van der Waals surface area contributed by atoms with E-state index in [1.165, 1.54) is 24.5 Å². The van der Waals surface area contributed by atoms with E-state index in [1.807, 2.05) is 11.4 Å². The molecule has 0 spiro atoms. The topological polar surface area (TPSA) is 75.7 Å². The highest BCUT2D eigenvalue weighted by molar-refractivity contribution is 7.10. The van der Waals surface area contributed by atoms with Crippen molar-refractivity contribution in [1.82, 2.24) is 10.2 Å². The lowest BCUT2D eigenvalue weighted by Crippen LogP contribution is -2.54. The monoisotopic (exact) mass is 280 g/mol. The fraction of sp³-hybridized carbons (Fsp3) is 0.250. The molecule has 1 fully saturated rings. The minimum absolute atomic E-state index is 0.0434. The van der Waals surface area contributed by atoms with Gasteiger partial charge >= 0.3 is 6.03 Å². The maximum absolute atomic E-state index is 12.1. The highest BCUT2D eigenvalue weighted by Crippen LogP contribution is 2.17. The summed E-state index contributed by atoms with van der Waals surface area (Å²) >= 11 is 1.40. The van der Waals surface area contributed by atoms with Crippen molar-refractivity contribution in [2.75, 3.05) is 20.3 Å². The summed E-state index contributed by atoms with van der Waals surface area (Å²) in [5.74, 6) is -1.27. The molecule has 0 bridgehead atoms. The number of hydrogen-bond acceptors (Lipinski definition) is 5. The van der Waals surface area contributed by atoms with Gasteiger partial charge in [-0.1, -0.05) is 6.07 Å². The lowest BCUT2D eigenvalue weighted by Gasteiger charge is -2.25. The van der Waals surface area contributed by atoms with Gasteiger partial charge in [0, 0.05) is 12.0 Å². The predicted molar refractivity (Wildman–Crippen MR) is 69.4 cm³/mol. The molecule has 0 unspecified atom stereocenters. The van der Waals surface area contributed by atoms with Gasteiger partial charge in [-0.3, -0.25) is 19.8 Å². The van der Waals surface area contributed by atoms with Gasteiger partial charge in [0.25, 0.3) is 11.8 Å². The maximum atomic E-state index is 12.1. The molecular formula is C12H12N2O4S. The fourth-order valence-electron chi connectivity index (χ4n) is 1.60. The largest absolute Gasteiger partial charge is 0.383 e. The number of ether oxygens (including phenoxy) is 1. The zero-order valence-electron chi connectivity index (χ0n) is 10.2. The van der Waals surface area contributed by atoms with Crippen LogP contribution < -0.4 is 5.32 Å². The Balaban J connectivity index is 2.25. The van der Waals surface area contributed by atoms with Crippen LogP contribution in [0, 0.1) is 0 Å². The number of nitrogens with one attached hydrogen (secondary N) is 1. The van der Waals surface area contributed by atoms with E-state index in [1.54, 1.807) is 6.07 Å². The van der Waals surface area contributed by atoms with Gasteiger partial charge in [-0.05, 0) is 17.5 Å². The second-order valence-corrected chi connectivity index (χ2v) is 4.76. The Morgan fingerprint density at radius 3 is 2.84 bits per heavy atom. The van der Waals surface area contributed by atoms with Crippen molar-refractivity contribution in [3.63, 3.8) is 0 Å². The van der Waals surface area contributed by atoms with Crippen molar-refractivity contribution >= 4 is 35.3 Å². The number of imide groups is 2. The van der Waals surface area contributed by atoms with Crippen LogP contribution in [0.1, 0.15) is 4.88 Å². The molecule has 0 aliphatic carbocycles. The van der Waals surface area contributed by atoms with E-state index in [0.717, 1.165) is 9.78 Å². The molecular weight excluding hydrogens is 268 g/mol. The van der Waals surface area contributed by atoms with Crippen molar-refractivity contribution in [2.24, 2.45) is 0 Å². The van der Waals surface area contributed by atoms with E-state index in [9.17, 15) is 14.4 Å². The zero-order chi connectivity index (χ0) is 13.8. The highest BCUT2D eigenvalue weighted by atomic mass is 32.1. The molecule has 0 aromatic carbocycles. The van der Waals surface area contributed by atoms with Gasteiger partial charge in [-0.15, -0.1) is 11.3 Å². The summed E-state index contributed by atoms with van der Waals surface area (Å²) in [5, 5.41) is 3.98. The number of amides is 4. The number of carbonyl (C=O) groups excluding carboxylic acids is 3. The number of hydrogen-bond donors (Lipinski definition) is 1. The van der Waals surface area contributed by atoms with Crippen LogP contribution >= 0.6 is 11.3 Å². The molecule has 2 rings (SSSR count). The van der Waals surface area contributed by atoms with Gasteiger partial charge in [-0.25, -0.2) is 4.79 Å². The Bertz CT molecular complexity index is 536. The van der Waals surface area contributed by atoms with Crippen LogP contribution in [0.4, 0.5) is 4.79 Å². The van der Waals surface area contributed by atoms with Crippen LogP contribution in [0.15, 0.2) is 23.1 Å². The molecule has 1 N–H and O–H groups in total. The summed E-state index contributed by atoms with van der Waals surface area (Å²) in [6, 6.07) is 2.89. The molecule has 0 atom stereocenters. The van der Waals surface area contributed by atoms with Crippen molar-refractivity contribution in [3.05, 3.63) is 28.0 Å². The van der Waals surface area contributed by atoms with Crippen LogP contribution in [0.5, 0.6) is 0 Å². The van der Waals surface area contributed by atoms with Crippen LogP contribution in [-0.2, 0) is 14.3 Å². The van der Waals surface area contributed by atoms with Gasteiger partial charge in [0.2, 0.25) is 0 Å². The second-order valence-electron chi connectivity index (χ2n) is 3.78. The minimum atomic E-state index is -0.713. The summed E-state index contributed by atoms with van der Waals surface area (Å²) in [4.78, 5) is 37.1. The highest BCUT2D eigenvalue weighted by Gasteiger charge is 2.35. The average molecular weight is 280 g/mol. The summed E-state index contributed by atoms with van der Waals surface area (Å²) < 4.78 is 4.83. The molecule has 2 heterocycles. The van der Waals surface area contributed by atoms with Gasteiger partial charge in [-0.2, -0.15) is 0 Å². The van der Waals surface area contributed by atoms with E-state index in [4.69, 9.17) is 4.74 Å². The molecule has 100 valence electrons. The smallest absolute Gasteiger partial charge is 0.331 e. The Morgan fingerprint density at radius 2 is 2.21 bits per heavy atom. The van der Waals surface area contributed by atoms with Gasteiger partial charge in [0.1, 0.15) is 5.57 Å². The summed E-state index contributed by atoms with van der Waals surface area (Å²) in [6.07, 6.45) is 1.48. The van der Waals surface area contributed by atoms with Crippen LogP contribution in [0.2, 0.25) is 0 Å². The van der Waals surface area contributed by atoms with E-state index in [-0.39, 0.29) is 18.7 Å². The predicted octanol–water partition coefficient (Wildman–Crippen LogP) is 0.856. The summed E-state index contributed by atoms with van der Waals surface area (Å²) in [5.41, 5.74) is -0.0434. The van der Waals surface area contributed by atoms with Gasteiger partial charge in [0.15, 0.2) is 0 Å². The van der Waals surface area contributed by atoms with Gasteiger partial charge in [0.05, 0.1) is 13.2 Å². The molecule has 1 aliphatic heterocycles. The first-order valence-corrected chi connectivity index (χ1v) is 6.42. The van der Waals surface area contributed by atoms with Crippen LogP contribution in [0.25, 0.3) is 6.08 Å². The third-order valence-corrected chi connectivity index (χ3v) is 3.35. The maximum Gasteiger partial charge on any atom is 0.331 e. The summed E-state index contributed by atoms with van der Waals surface area (Å²) in [7, 11) is 1.47. The number of carbonyl (C=O) groups is 3. The molecule has 1 aliphatic rings. The van der Waals surface area contributed by atoms with Crippen molar-refractivity contribution in [1.29, 1.82) is 0 Å². The average Bonchev–Trinajstić information content (AvgIpc) is 2.87. The van der Waals surface area contributed by atoms with E-state index in [0.29, 0.717) is 0 Å². The Hall–Kier alpha value is -1.99. The van der Waals surface area contributed by atoms with E-state index in [2.05, 4.69) is 5.32 Å². The van der Waals surface area contributed by atoms with Crippen LogP contribution in [0.3, 0.4) is 0 Å². The quantitative estimate of drug-likeness (QED) is 0.655. The Labute approximate surface area is 113 Å². The van der Waals surface area contributed by atoms with Crippen LogP contribution in [-0.4, -0.2) is 43.0 Å². The lowest BCUT2D eigenvalue weighted by molar-refractivity contribution is -0.130. The van der Waals surface area contributed by atoms with E-state index < -0.39 is 17.8 Å². The lowest BCUT2D eigenvalue weighted by atomic mass is 10.1. The third-order valence-electron chi connectivity index (χ3n) is 2.53. The first kappa shape index (κ1) is 13.4. The second kappa shape index (κ2) is 5.77. The van der Waals surface area contributed by atoms with Crippen molar-refractivity contribution < 1.29 is 19.1 Å². The molecule has 0 radical (unpaired) electrons. The molecule has 6 nitrogen and oxygen atoms in total. The molecule has 7 heteroatoms. The Morgan fingerprint density at radius 1 is 1.42 bits per heavy atom. The number of rotatable bonds is 4. The molecule has 1 aromatic heterocycles. The number of nitrogens with zero attached hydrogens (tertiary/aromatic N) is 1. The standard InChI is InChI=1S/C12H12N2O4S/c1-18-5-4-14-11(16)9(10(15)13-12(14)17)7-8-3-2-6-19-8/h2-3,6-7H,4-5H2,1H3,(H,13,15,17). The number of methoxy groups -OCH3 is 1. The summed E-state index contributed by atoms with van der Waals surface area (Å²) in [6.45, 7) is 0.329. The molecule has 4 amide bonds. The molecule has 1 aromatic rings. The molecule has 19 heavy (non-hydrogen) atoms. The fourth-order valence-corrected chi connectivity index (χ4v) is 2.25.